The second-order valence-electron chi connectivity index (χ2n) is 9.63. The van der Waals surface area contributed by atoms with Gasteiger partial charge in [0.1, 0.15) is 40.4 Å². The van der Waals surface area contributed by atoms with Gasteiger partial charge in [-0.1, -0.05) is 25.5 Å². The summed E-state index contributed by atoms with van der Waals surface area (Å²) in [6.07, 6.45) is -12.9. The molecule has 46 heavy (non-hydrogen) atoms. The molecule has 0 saturated carbocycles. The third-order valence-electron chi connectivity index (χ3n) is 6.28. The Morgan fingerprint density at radius 3 is 1.70 bits per heavy atom. The van der Waals surface area contributed by atoms with Crippen LogP contribution in [-0.4, -0.2) is 6.11 Å². The fourth-order valence-electron chi connectivity index (χ4n) is 4.42. The van der Waals surface area contributed by atoms with E-state index < -0.39 is 93.3 Å². The van der Waals surface area contributed by atoms with Gasteiger partial charge in [0.05, 0.1) is 11.6 Å². The molecule has 0 amide bonds. The molecular formula is C31H17F13O2. The molecule has 0 heterocycles. The summed E-state index contributed by atoms with van der Waals surface area (Å²) in [4.78, 5) is 0. The van der Waals surface area contributed by atoms with E-state index >= 15 is 8.78 Å². The summed E-state index contributed by atoms with van der Waals surface area (Å²) in [5.74, 6) is -15.8. The monoisotopic (exact) mass is 668 g/mol. The molecule has 0 aromatic heterocycles. The number of benzene rings is 4. The molecule has 0 atom stereocenters. The molecule has 4 aromatic carbocycles. The first-order chi connectivity index (χ1) is 21.4. The molecule has 244 valence electrons. The minimum absolute atomic E-state index is 0.106. The first kappa shape index (κ1) is 34.2. The van der Waals surface area contributed by atoms with Gasteiger partial charge in [-0.05, 0) is 53.4 Å². The van der Waals surface area contributed by atoms with Crippen molar-refractivity contribution in [2.45, 2.75) is 32.0 Å². The molecule has 2 nitrogen and oxygen atoms in total. The standard InChI is InChI=1S/C31H17F13O2/c1-2-3-14-4-5-18(19(32)6-14)15-7-20(33)27(21(34)8-15)16-9-22(35)28(23(36)10-16)31(43,44)45-17-11-24(37)29(25(38)12-17)46-30(41,42)13-26(39)40/h4-13H,2-3H2,1H3. The highest BCUT2D eigenvalue weighted by Gasteiger charge is 2.42. The van der Waals surface area contributed by atoms with Crippen molar-refractivity contribution < 1.29 is 66.5 Å². The Labute approximate surface area is 251 Å². The van der Waals surface area contributed by atoms with E-state index in [1.165, 1.54) is 18.2 Å². The lowest BCUT2D eigenvalue weighted by Gasteiger charge is -2.21. The van der Waals surface area contributed by atoms with E-state index in [0.29, 0.717) is 30.5 Å². The number of aryl methyl sites for hydroxylation is 1. The van der Waals surface area contributed by atoms with Crippen LogP contribution in [0.4, 0.5) is 57.1 Å². The van der Waals surface area contributed by atoms with Gasteiger partial charge in [-0.2, -0.15) is 26.3 Å². The average Bonchev–Trinajstić information content (AvgIpc) is 2.89. The van der Waals surface area contributed by atoms with Gasteiger partial charge in [-0.15, -0.1) is 0 Å². The Hall–Kier alpha value is -4.69. The Balaban J connectivity index is 1.65. The summed E-state index contributed by atoms with van der Waals surface area (Å²) in [7, 11) is 0. The van der Waals surface area contributed by atoms with Crippen molar-refractivity contribution >= 4 is 0 Å². The molecule has 0 aliphatic rings. The predicted octanol–water partition coefficient (Wildman–Crippen LogP) is 10.8. The molecule has 0 bridgehead atoms. The number of hydrogen-bond acceptors (Lipinski definition) is 2. The number of hydrogen-bond donors (Lipinski definition) is 0. The number of alkyl halides is 4. The second-order valence-corrected chi connectivity index (χ2v) is 9.63. The van der Waals surface area contributed by atoms with E-state index in [0.717, 1.165) is 0 Å². The Bertz CT molecular complexity index is 1750. The lowest BCUT2D eigenvalue weighted by Crippen LogP contribution is -2.26. The molecule has 0 aliphatic carbocycles. The van der Waals surface area contributed by atoms with Gasteiger partial charge in [0.15, 0.2) is 17.4 Å². The van der Waals surface area contributed by atoms with E-state index in [4.69, 9.17) is 0 Å². The first-order valence-corrected chi connectivity index (χ1v) is 12.9. The van der Waals surface area contributed by atoms with Gasteiger partial charge in [0, 0.05) is 17.7 Å². The molecule has 0 radical (unpaired) electrons. The maximum Gasteiger partial charge on any atom is 0.432 e. The molecule has 0 saturated heterocycles. The van der Waals surface area contributed by atoms with Crippen LogP contribution in [0.2, 0.25) is 0 Å². The van der Waals surface area contributed by atoms with E-state index in [-0.39, 0.29) is 35.4 Å². The number of rotatable bonds is 10. The first-order valence-electron chi connectivity index (χ1n) is 12.9. The molecular weight excluding hydrogens is 651 g/mol. The smallest absolute Gasteiger partial charge is 0.429 e. The second kappa shape index (κ2) is 13.0. The molecule has 0 spiro atoms. The lowest BCUT2D eigenvalue weighted by atomic mass is 9.96. The molecule has 15 heteroatoms. The Morgan fingerprint density at radius 1 is 0.652 bits per heavy atom. The minimum atomic E-state index is -5.08. The summed E-state index contributed by atoms with van der Waals surface area (Å²) in [6.45, 7) is 1.86. The van der Waals surface area contributed by atoms with Gasteiger partial charge >= 0.3 is 12.2 Å². The SMILES string of the molecule is CCCc1ccc(-c2cc(F)c(-c3cc(F)c(C(F)(F)Oc4cc(F)c(OC(F)(F)C=C(F)F)c(F)c4)c(F)c3)c(F)c2)c(F)c1. The Morgan fingerprint density at radius 2 is 1.20 bits per heavy atom. The maximum absolute atomic E-state index is 15.0. The van der Waals surface area contributed by atoms with Crippen LogP contribution in [0.5, 0.6) is 11.5 Å². The quantitative estimate of drug-likeness (QED) is 0.157. The normalized spacial score (nSPS) is 11.9. The topological polar surface area (TPSA) is 18.5 Å². The molecule has 0 N–H and O–H groups in total. The molecule has 4 aromatic rings. The van der Waals surface area contributed by atoms with Crippen LogP contribution in [0.15, 0.2) is 66.8 Å². The lowest BCUT2D eigenvalue weighted by molar-refractivity contribution is -0.189. The van der Waals surface area contributed by atoms with E-state index in [9.17, 15) is 48.3 Å². The summed E-state index contributed by atoms with van der Waals surface area (Å²) >= 11 is 0. The molecule has 0 unspecified atom stereocenters. The van der Waals surface area contributed by atoms with Crippen molar-refractivity contribution in [3.8, 4) is 33.8 Å². The predicted molar refractivity (Wildman–Crippen MR) is 138 cm³/mol. The third kappa shape index (κ3) is 7.40. The van der Waals surface area contributed by atoms with Crippen LogP contribution in [-0.2, 0) is 12.5 Å². The fraction of sp³-hybridized carbons (Fsp3) is 0.161. The Kier molecular flexibility index (Phi) is 9.64. The third-order valence-corrected chi connectivity index (χ3v) is 6.28. The van der Waals surface area contributed by atoms with Gasteiger partial charge in [0.25, 0.3) is 6.08 Å². The highest BCUT2D eigenvalue weighted by atomic mass is 19.3. The van der Waals surface area contributed by atoms with Crippen LogP contribution in [0.25, 0.3) is 22.3 Å². The van der Waals surface area contributed by atoms with Crippen molar-refractivity contribution in [1.82, 2.24) is 0 Å². The van der Waals surface area contributed by atoms with Crippen molar-refractivity contribution in [1.29, 1.82) is 0 Å². The van der Waals surface area contributed by atoms with Gasteiger partial charge < -0.3 is 9.47 Å². The van der Waals surface area contributed by atoms with Crippen LogP contribution < -0.4 is 9.47 Å². The zero-order valence-corrected chi connectivity index (χ0v) is 22.9. The summed E-state index contributed by atoms with van der Waals surface area (Å²) in [5.41, 5.74) is -4.01. The zero-order valence-electron chi connectivity index (χ0n) is 22.9. The van der Waals surface area contributed by atoms with Crippen molar-refractivity contribution in [3.63, 3.8) is 0 Å². The molecule has 0 fully saturated rings. The fourth-order valence-corrected chi connectivity index (χ4v) is 4.42. The molecule has 0 aliphatic heterocycles. The number of ether oxygens (including phenoxy) is 2. The average molecular weight is 668 g/mol. The summed E-state index contributed by atoms with van der Waals surface area (Å²) in [6, 6.07) is 5.18. The van der Waals surface area contributed by atoms with Crippen molar-refractivity contribution in [3.05, 3.63) is 119 Å². The largest absolute Gasteiger partial charge is 0.432 e. The van der Waals surface area contributed by atoms with Crippen molar-refractivity contribution in [2.24, 2.45) is 0 Å². The number of halogens is 13. The van der Waals surface area contributed by atoms with Crippen LogP contribution in [0, 0.1) is 40.7 Å². The highest BCUT2D eigenvalue weighted by Crippen LogP contribution is 2.40. The van der Waals surface area contributed by atoms with Gasteiger partial charge in [-0.3, -0.25) is 0 Å². The summed E-state index contributed by atoms with van der Waals surface area (Å²) in [5, 5.41) is 0. The van der Waals surface area contributed by atoms with Gasteiger partial charge in [-0.25, -0.2) is 30.7 Å². The van der Waals surface area contributed by atoms with E-state index in [1.54, 1.807) is 0 Å². The van der Waals surface area contributed by atoms with E-state index in [1.807, 2.05) is 6.92 Å². The minimum Gasteiger partial charge on any atom is -0.429 e. The van der Waals surface area contributed by atoms with E-state index in [2.05, 4.69) is 9.47 Å². The van der Waals surface area contributed by atoms with Crippen LogP contribution >= 0.6 is 0 Å². The molecule has 4 rings (SSSR count). The van der Waals surface area contributed by atoms with Gasteiger partial charge in [0.2, 0.25) is 0 Å². The van der Waals surface area contributed by atoms with Crippen LogP contribution in [0.1, 0.15) is 24.5 Å². The zero-order chi connectivity index (χ0) is 34.1. The van der Waals surface area contributed by atoms with Crippen molar-refractivity contribution in [2.75, 3.05) is 0 Å². The highest BCUT2D eigenvalue weighted by molar-refractivity contribution is 5.72. The summed E-state index contributed by atoms with van der Waals surface area (Å²) < 4.78 is 191. The van der Waals surface area contributed by atoms with Crippen LogP contribution in [0.3, 0.4) is 0 Å². The maximum atomic E-state index is 15.0.